The first-order chi connectivity index (χ1) is 44.7. The summed E-state index contributed by atoms with van der Waals surface area (Å²) in [6.07, 6.45) is 50.2. The number of carbonyl (C=O) groups excluding carboxylic acids is 4. The molecule has 0 aliphatic carbocycles. The lowest BCUT2D eigenvalue weighted by Gasteiger charge is -2.21. The topological polar surface area (TPSA) is 237 Å². The predicted octanol–water partition coefficient (Wildman–Crippen LogP) is 21.4. The van der Waals surface area contributed by atoms with Crippen molar-refractivity contribution in [1.82, 2.24) is 0 Å². The Morgan fingerprint density at radius 2 is 0.495 bits per heavy atom. The molecule has 0 spiro atoms. The number of aliphatic hydroxyl groups excluding tert-OH is 1. The molecule has 0 rings (SSSR count). The van der Waals surface area contributed by atoms with E-state index in [0.717, 1.165) is 108 Å². The highest BCUT2D eigenvalue weighted by Crippen LogP contribution is 2.45. The summed E-state index contributed by atoms with van der Waals surface area (Å²) in [5.41, 5.74) is 0. The van der Waals surface area contributed by atoms with Crippen molar-refractivity contribution in [2.75, 3.05) is 39.6 Å². The van der Waals surface area contributed by atoms with E-state index in [2.05, 4.69) is 48.5 Å². The van der Waals surface area contributed by atoms with Crippen LogP contribution in [0.1, 0.15) is 376 Å². The minimum atomic E-state index is -4.96. The number of hydrogen-bond acceptors (Lipinski definition) is 15. The molecule has 0 amide bonds. The molecule has 0 aromatic carbocycles. The van der Waals surface area contributed by atoms with Crippen LogP contribution in [-0.4, -0.2) is 96.7 Å². The maximum atomic E-state index is 13.1. The zero-order valence-corrected chi connectivity index (χ0v) is 62.5. The molecule has 17 nitrogen and oxygen atoms in total. The maximum absolute atomic E-state index is 13.1. The van der Waals surface area contributed by atoms with Gasteiger partial charge in [-0.3, -0.25) is 37.3 Å². The largest absolute Gasteiger partial charge is 0.472 e. The van der Waals surface area contributed by atoms with E-state index in [1.165, 1.54) is 180 Å². The molecule has 19 heteroatoms. The van der Waals surface area contributed by atoms with Gasteiger partial charge in [-0.2, -0.15) is 0 Å². The van der Waals surface area contributed by atoms with Gasteiger partial charge in [0.2, 0.25) is 0 Å². The third-order valence-electron chi connectivity index (χ3n) is 17.1. The Balaban J connectivity index is 5.18. The Morgan fingerprint density at radius 1 is 0.290 bits per heavy atom. The Hall–Kier alpha value is -1.94. The van der Waals surface area contributed by atoms with Crippen molar-refractivity contribution in [1.29, 1.82) is 0 Å². The second-order valence-electron chi connectivity index (χ2n) is 28.1. The van der Waals surface area contributed by atoms with Crippen LogP contribution in [-0.2, 0) is 65.4 Å². The molecule has 0 aromatic rings. The van der Waals surface area contributed by atoms with Crippen molar-refractivity contribution in [3.8, 4) is 0 Å². The number of ether oxygens (including phenoxy) is 4. The molecule has 0 aliphatic rings. The van der Waals surface area contributed by atoms with Gasteiger partial charge in [0, 0.05) is 25.7 Å². The number of rotatable bonds is 72. The van der Waals surface area contributed by atoms with Crippen molar-refractivity contribution in [3.63, 3.8) is 0 Å². The van der Waals surface area contributed by atoms with Gasteiger partial charge in [-0.15, -0.1) is 0 Å². The minimum Gasteiger partial charge on any atom is -0.462 e. The van der Waals surface area contributed by atoms with Crippen molar-refractivity contribution in [3.05, 3.63) is 0 Å². The van der Waals surface area contributed by atoms with E-state index in [0.29, 0.717) is 31.6 Å². The van der Waals surface area contributed by atoms with Crippen LogP contribution in [0.3, 0.4) is 0 Å². The fraction of sp³-hybridized carbons (Fsp3) is 0.946. The standard InChI is InChI=1S/C74H144O17P2/c1-8-9-10-11-12-13-28-34-43-50-57-73(78)91-70(62-85-72(77)56-49-42-37-36-40-47-54-67(6)7)64-89-93(82,83)87-60-68(75)59-86-92(80,81)88-63-69(61-84-71(76)55-48-41-33-29-25-24-27-32-39-46-53-66(4)5)90-74(79)58-51-44-35-30-23-21-19-17-15-14-16-18-20-22-26-31-38-45-52-65(2)3/h65-70,75H,8-64H2,1-7H3,(H,80,81)(H,82,83)/t68-,69-,70-/m1/s1. The summed E-state index contributed by atoms with van der Waals surface area (Å²) in [4.78, 5) is 72.6. The summed E-state index contributed by atoms with van der Waals surface area (Å²) in [5, 5.41) is 10.6. The molecule has 93 heavy (non-hydrogen) atoms. The smallest absolute Gasteiger partial charge is 0.462 e. The SMILES string of the molecule is CCCCCCCCCCCCC(=O)O[C@H](COC(=O)CCCCCCCCC(C)C)COP(=O)(O)OC[C@H](O)COP(=O)(O)OC[C@@H](COC(=O)CCCCCCCCCCCCC(C)C)OC(=O)CCCCCCCCCCCCCCCCCCCCC(C)C. The molecular formula is C74H144O17P2. The summed E-state index contributed by atoms with van der Waals surface area (Å²) >= 11 is 0. The van der Waals surface area contributed by atoms with Gasteiger partial charge in [0.05, 0.1) is 26.4 Å². The third-order valence-corrected chi connectivity index (χ3v) is 19.0. The van der Waals surface area contributed by atoms with Crippen LogP contribution in [0.25, 0.3) is 0 Å². The quantitative estimate of drug-likeness (QED) is 0.0222. The third kappa shape index (κ3) is 68.4. The molecule has 0 heterocycles. The van der Waals surface area contributed by atoms with Crippen LogP contribution in [0.5, 0.6) is 0 Å². The molecule has 0 aliphatic heterocycles. The van der Waals surface area contributed by atoms with Gasteiger partial charge in [0.1, 0.15) is 19.3 Å². The first kappa shape index (κ1) is 91.1. The molecule has 552 valence electrons. The molecule has 0 saturated heterocycles. The summed E-state index contributed by atoms with van der Waals surface area (Å²) in [7, 11) is -9.90. The van der Waals surface area contributed by atoms with Crippen LogP contribution in [0, 0.1) is 17.8 Å². The average molecular weight is 1370 g/mol. The number of unbranched alkanes of at least 4 members (excludes halogenated alkanes) is 40. The fourth-order valence-electron chi connectivity index (χ4n) is 11.2. The van der Waals surface area contributed by atoms with Gasteiger partial charge >= 0.3 is 39.5 Å². The predicted molar refractivity (Wildman–Crippen MR) is 377 cm³/mol. The Morgan fingerprint density at radius 3 is 0.731 bits per heavy atom. The van der Waals surface area contributed by atoms with E-state index >= 15 is 0 Å². The Bertz CT molecular complexity index is 1820. The van der Waals surface area contributed by atoms with E-state index < -0.39 is 97.5 Å². The Kier molecular flexibility index (Phi) is 63.4. The molecule has 5 atom stereocenters. The summed E-state index contributed by atoms with van der Waals surface area (Å²) in [6, 6.07) is 0. The second kappa shape index (κ2) is 64.7. The summed E-state index contributed by atoms with van der Waals surface area (Å²) in [6.45, 7) is 11.8. The monoisotopic (exact) mass is 1370 g/mol. The van der Waals surface area contributed by atoms with Gasteiger partial charge < -0.3 is 33.8 Å². The zero-order chi connectivity index (χ0) is 68.7. The van der Waals surface area contributed by atoms with Crippen LogP contribution >= 0.6 is 15.6 Å². The van der Waals surface area contributed by atoms with Crippen molar-refractivity contribution >= 4 is 39.5 Å². The summed E-state index contributed by atoms with van der Waals surface area (Å²) in [5.74, 6) is 0.135. The van der Waals surface area contributed by atoms with Gasteiger partial charge in [0.15, 0.2) is 12.2 Å². The van der Waals surface area contributed by atoms with E-state index in [9.17, 15) is 43.2 Å². The molecule has 0 saturated carbocycles. The molecular weight excluding hydrogens is 1220 g/mol. The molecule has 0 aromatic heterocycles. The minimum absolute atomic E-state index is 0.105. The van der Waals surface area contributed by atoms with E-state index in [-0.39, 0.29) is 25.7 Å². The highest BCUT2D eigenvalue weighted by molar-refractivity contribution is 7.47. The van der Waals surface area contributed by atoms with Crippen LogP contribution < -0.4 is 0 Å². The number of carbonyl (C=O) groups is 4. The lowest BCUT2D eigenvalue weighted by Crippen LogP contribution is -2.30. The van der Waals surface area contributed by atoms with Gasteiger partial charge in [-0.1, -0.05) is 325 Å². The van der Waals surface area contributed by atoms with Crippen molar-refractivity contribution in [2.45, 2.75) is 394 Å². The van der Waals surface area contributed by atoms with Crippen molar-refractivity contribution < 1.29 is 80.2 Å². The average Bonchev–Trinajstić information content (AvgIpc) is 1.52. The number of hydrogen-bond donors (Lipinski definition) is 3. The zero-order valence-electron chi connectivity index (χ0n) is 60.7. The molecule has 2 unspecified atom stereocenters. The normalized spacial score (nSPS) is 14.1. The van der Waals surface area contributed by atoms with E-state index in [1.54, 1.807) is 0 Å². The number of phosphoric ester groups is 2. The molecule has 0 bridgehead atoms. The van der Waals surface area contributed by atoms with Gasteiger partial charge in [0.25, 0.3) is 0 Å². The van der Waals surface area contributed by atoms with Gasteiger partial charge in [-0.25, -0.2) is 9.13 Å². The number of esters is 4. The Labute approximate surface area is 568 Å². The van der Waals surface area contributed by atoms with E-state index in [4.69, 9.17) is 37.0 Å². The first-order valence-electron chi connectivity index (χ1n) is 38.3. The molecule has 0 radical (unpaired) electrons. The first-order valence-corrected chi connectivity index (χ1v) is 41.3. The highest BCUT2D eigenvalue weighted by atomic mass is 31.2. The van der Waals surface area contributed by atoms with Crippen LogP contribution in [0.2, 0.25) is 0 Å². The van der Waals surface area contributed by atoms with E-state index in [1.807, 2.05) is 0 Å². The molecule has 0 fully saturated rings. The van der Waals surface area contributed by atoms with Gasteiger partial charge in [-0.05, 0) is 43.4 Å². The maximum Gasteiger partial charge on any atom is 0.472 e. The van der Waals surface area contributed by atoms with Crippen LogP contribution in [0.4, 0.5) is 0 Å². The summed E-state index contributed by atoms with van der Waals surface area (Å²) < 4.78 is 68.3. The fourth-order valence-corrected chi connectivity index (χ4v) is 12.8. The molecule has 3 N–H and O–H groups in total. The second-order valence-corrected chi connectivity index (χ2v) is 31.0. The van der Waals surface area contributed by atoms with Crippen molar-refractivity contribution in [2.24, 2.45) is 17.8 Å². The lowest BCUT2D eigenvalue weighted by molar-refractivity contribution is -0.161. The number of aliphatic hydroxyl groups is 1. The lowest BCUT2D eigenvalue weighted by atomic mass is 10.0. The highest BCUT2D eigenvalue weighted by Gasteiger charge is 2.30. The van der Waals surface area contributed by atoms with Crippen LogP contribution in [0.15, 0.2) is 0 Å². The number of phosphoric acid groups is 2.